The van der Waals surface area contributed by atoms with Gasteiger partial charge in [-0.15, -0.1) is 0 Å². The predicted octanol–water partition coefficient (Wildman–Crippen LogP) is 3.75. The smallest absolute Gasteiger partial charge is 0.188 e. The van der Waals surface area contributed by atoms with Crippen molar-refractivity contribution in [1.82, 2.24) is 9.38 Å². The summed E-state index contributed by atoms with van der Waals surface area (Å²) >= 11 is 0. The summed E-state index contributed by atoms with van der Waals surface area (Å²) in [5, 5.41) is 0. The number of pyridine rings is 1. The highest BCUT2D eigenvalue weighted by molar-refractivity contribution is 7.92. The quantitative estimate of drug-likeness (QED) is 0.666. The van der Waals surface area contributed by atoms with Crippen LogP contribution in [-0.2, 0) is 9.84 Å². The van der Waals surface area contributed by atoms with Crippen LogP contribution in [0.2, 0.25) is 0 Å². The first-order valence-corrected chi connectivity index (χ1v) is 9.92. The molecule has 0 fully saturated rings. The van der Waals surface area contributed by atoms with E-state index in [1.54, 1.807) is 20.8 Å². The van der Waals surface area contributed by atoms with E-state index in [2.05, 4.69) is 4.98 Å². The number of ether oxygens (including phenoxy) is 1. The van der Waals surface area contributed by atoms with Crippen LogP contribution in [0.3, 0.4) is 0 Å². The van der Waals surface area contributed by atoms with Gasteiger partial charge in [0.2, 0.25) is 0 Å². The monoisotopic (exact) mass is 409 g/mol. The van der Waals surface area contributed by atoms with E-state index in [9.17, 15) is 17.2 Å². The number of halogens is 2. The second-order valence-electron chi connectivity index (χ2n) is 7.45. The van der Waals surface area contributed by atoms with Gasteiger partial charge < -0.3 is 10.5 Å². The van der Waals surface area contributed by atoms with Crippen LogP contribution in [0.15, 0.2) is 29.4 Å². The van der Waals surface area contributed by atoms with Crippen LogP contribution in [0.1, 0.15) is 26.3 Å². The van der Waals surface area contributed by atoms with Gasteiger partial charge >= 0.3 is 0 Å². The number of nitrogen functional groups attached to an aromatic ring is 1. The molecule has 2 N–H and O–H groups in total. The summed E-state index contributed by atoms with van der Waals surface area (Å²) in [4.78, 5) is 4.11. The van der Waals surface area contributed by atoms with E-state index in [0.717, 1.165) is 6.07 Å². The third-order valence-corrected chi connectivity index (χ3v) is 7.16. The fraction of sp³-hybridized carbons (Fsp3) is 0.316. The van der Waals surface area contributed by atoms with Crippen molar-refractivity contribution in [2.45, 2.75) is 37.3 Å². The summed E-state index contributed by atoms with van der Waals surface area (Å²) in [6.07, 6.45) is 2.66. The average molecular weight is 409 g/mol. The molecule has 3 aromatic rings. The molecule has 0 saturated carbocycles. The maximum atomic E-state index is 14.8. The molecule has 0 bridgehead atoms. The Balaban J connectivity index is 2.37. The molecule has 6 nitrogen and oxygen atoms in total. The molecular formula is C19H21F2N3O3S. The zero-order chi connectivity index (χ0) is 21.0. The van der Waals surface area contributed by atoms with Crippen LogP contribution >= 0.6 is 0 Å². The number of anilines is 1. The number of fused-ring (bicyclic) bond motifs is 1. The van der Waals surface area contributed by atoms with E-state index in [0.29, 0.717) is 5.65 Å². The minimum absolute atomic E-state index is 0.0269. The molecule has 2 heterocycles. The Kier molecular flexibility index (Phi) is 4.61. The molecular weight excluding hydrogens is 388 g/mol. The van der Waals surface area contributed by atoms with Crippen molar-refractivity contribution in [3.8, 4) is 17.0 Å². The average Bonchev–Trinajstić information content (AvgIpc) is 3.03. The lowest BCUT2D eigenvalue weighted by atomic mass is 10.1. The van der Waals surface area contributed by atoms with Crippen molar-refractivity contribution in [2.24, 2.45) is 0 Å². The predicted molar refractivity (Wildman–Crippen MR) is 103 cm³/mol. The summed E-state index contributed by atoms with van der Waals surface area (Å²) in [6.45, 7) is 6.08. The number of nitrogens with zero attached hydrogens (tertiary/aromatic N) is 2. The highest BCUT2D eigenvalue weighted by Crippen LogP contribution is 2.36. The highest BCUT2D eigenvalue weighted by atomic mass is 32.2. The van der Waals surface area contributed by atoms with Crippen molar-refractivity contribution >= 4 is 21.2 Å². The number of imidazole rings is 1. The van der Waals surface area contributed by atoms with Gasteiger partial charge in [-0.3, -0.25) is 4.40 Å². The first-order valence-electron chi connectivity index (χ1n) is 8.44. The van der Waals surface area contributed by atoms with E-state index in [1.165, 1.54) is 36.9 Å². The van der Waals surface area contributed by atoms with Crippen LogP contribution < -0.4 is 10.5 Å². The van der Waals surface area contributed by atoms with Gasteiger partial charge in [-0.1, -0.05) is 0 Å². The summed E-state index contributed by atoms with van der Waals surface area (Å²) in [5.41, 5.74) is 5.71. The zero-order valence-electron chi connectivity index (χ0n) is 16.2. The molecule has 0 aliphatic carbocycles. The van der Waals surface area contributed by atoms with Gasteiger partial charge in [0.1, 0.15) is 27.9 Å². The number of methoxy groups -OCH3 is 1. The SMILES string of the molecule is COc1cc2ncc(-c3cc(F)c(N)c(C)c3F)n2cc1S(=O)(=O)C(C)(C)C. The van der Waals surface area contributed by atoms with E-state index >= 15 is 0 Å². The highest BCUT2D eigenvalue weighted by Gasteiger charge is 2.34. The molecule has 28 heavy (non-hydrogen) atoms. The molecule has 3 rings (SSSR count). The van der Waals surface area contributed by atoms with E-state index in [4.69, 9.17) is 10.5 Å². The third-order valence-electron chi connectivity index (χ3n) is 4.66. The van der Waals surface area contributed by atoms with Gasteiger partial charge in [-0.2, -0.15) is 0 Å². The van der Waals surface area contributed by atoms with Crippen LogP contribution in [0.25, 0.3) is 16.9 Å². The molecule has 0 atom stereocenters. The molecule has 0 radical (unpaired) electrons. The Morgan fingerprint density at radius 2 is 1.86 bits per heavy atom. The second kappa shape index (κ2) is 6.44. The lowest BCUT2D eigenvalue weighted by Crippen LogP contribution is -2.28. The Bertz CT molecular complexity index is 1200. The van der Waals surface area contributed by atoms with Crippen LogP contribution in [0.4, 0.5) is 14.5 Å². The van der Waals surface area contributed by atoms with Gasteiger partial charge in [0.05, 0.1) is 29.4 Å². The Morgan fingerprint density at radius 1 is 1.21 bits per heavy atom. The topological polar surface area (TPSA) is 86.7 Å². The van der Waals surface area contributed by atoms with Crippen LogP contribution in [-0.4, -0.2) is 29.7 Å². The normalized spacial score (nSPS) is 12.5. The fourth-order valence-electron chi connectivity index (χ4n) is 2.83. The van der Waals surface area contributed by atoms with Gasteiger partial charge in [0.15, 0.2) is 9.84 Å². The second-order valence-corrected chi connectivity index (χ2v) is 10.1. The van der Waals surface area contributed by atoms with Crippen molar-refractivity contribution in [3.63, 3.8) is 0 Å². The van der Waals surface area contributed by atoms with Gasteiger partial charge in [0, 0.05) is 23.4 Å². The summed E-state index contributed by atoms with van der Waals surface area (Å²) in [6, 6.07) is 2.42. The van der Waals surface area contributed by atoms with Crippen molar-refractivity contribution in [2.75, 3.05) is 12.8 Å². The van der Waals surface area contributed by atoms with E-state index in [1.807, 2.05) is 0 Å². The molecule has 0 amide bonds. The maximum absolute atomic E-state index is 14.8. The molecule has 0 unspecified atom stereocenters. The maximum Gasteiger partial charge on any atom is 0.188 e. The van der Waals surface area contributed by atoms with E-state index < -0.39 is 26.2 Å². The van der Waals surface area contributed by atoms with Crippen LogP contribution in [0.5, 0.6) is 5.75 Å². The number of hydrogen-bond donors (Lipinski definition) is 1. The number of sulfone groups is 1. The lowest BCUT2D eigenvalue weighted by Gasteiger charge is -2.21. The van der Waals surface area contributed by atoms with Crippen molar-refractivity contribution in [1.29, 1.82) is 0 Å². The molecule has 0 saturated heterocycles. The van der Waals surface area contributed by atoms with E-state index in [-0.39, 0.29) is 33.2 Å². The third kappa shape index (κ3) is 2.90. The number of nitrogens with two attached hydrogens (primary N) is 1. The molecule has 2 aromatic heterocycles. The summed E-state index contributed by atoms with van der Waals surface area (Å²) < 4.78 is 60.4. The van der Waals surface area contributed by atoms with Crippen molar-refractivity contribution in [3.05, 3.63) is 41.7 Å². The van der Waals surface area contributed by atoms with Gasteiger partial charge in [0.25, 0.3) is 0 Å². The number of benzene rings is 1. The summed E-state index contributed by atoms with van der Waals surface area (Å²) in [5.74, 6) is -1.34. The standard InChI is InChI=1S/C19H21F2N3O3S/c1-10-17(21)11(6-12(20)18(10)22)13-8-23-16-7-14(27-5)15(9-24(13)16)28(25,26)19(2,3)4/h6-9H,22H2,1-5H3. The lowest BCUT2D eigenvalue weighted by molar-refractivity contribution is 0.401. The molecule has 0 aliphatic heterocycles. The minimum Gasteiger partial charge on any atom is -0.495 e. The molecule has 1 aromatic carbocycles. The van der Waals surface area contributed by atoms with Gasteiger partial charge in [-0.25, -0.2) is 22.2 Å². The summed E-state index contributed by atoms with van der Waals surface area (Å²) in [7, 11) is -2.43. The first kappa shape index (κ1) is 20.1. The molecule has 0 aliphatic rings. The largest absolute Gasteiger partial charge is 0.495 e. The van der Waals surface area contributed by atoms with Crippen LogP contribution in [0, 0.1) is 18.6 Å². The fourth-order valence-corrected chi connectivity index (χ4v) is 4.14. The Hall–Kier alpha value is -2.68. The number of rotatable bonds is 3. The Labute approximate surface area is 161 Å². The Morgan fingerprint density at radius 3 is 2.43 bits per heavy atom. The minimum atomic E-state index is -3.78. The van der Waals surface area contributed by atoms with Crippen molar-refractivity contribution < 1.29 is 21.9 Å². The molecule has 0 spiro atoms. The molecule has 9 heteroatoms. The number of aromatic nitrogens is 2. The molecule has 150 valence electrons. The number of hydrogen-bond acceptors (Lipinski definition) is 5. The zero-order valence-corrected chi connectivity index (χ0v) is 17.0. The van der Waals surface area contributed by atoms with Gasteiger partial charge in [-0.05, 0) is 33.8 Å². The first-order chi connectivity index (χ1) is 12.9.